The molecule has 3 unspecified atom stereocenters. The third-order valence-corrected chi connectivity index (χ3v) is 6.95. The zero-order valence-corrected chi connectivity index (χ0v) is 15.9. The molecule has 3 fully saturated rings. The van der Waals surface area contributed by atoms with Gasteiger partial charge in [-0.2, -0.15) is 0 Å². The summed E-state index contributed by atoms with van der Waals surface area (Å²) in [6, 6.07) is 1.91. The highest BCUT2D eigenvalue weighted by molar-refractivity contribution is 6.36. The lowest BCUT2D eigenvalue weighted by atomic mass is 9.54. The van der Waals surface area contributed by atoms with E-state index >= 15 is 0 Å². The molecule has 3 aliphatic rings. The van der Waals surface area contributed by atoms with Crippen molar-refractivity contribution in [3.63, 3.8) is 0 Å². The Labute approximate surface area is 162 Å². The molecule has 2 saturated carbocycles. The Morgan fingerprint density at radius 2 is 2.15 bits per heavy atom. The molecule has 0 aromatic carbocycles. The molecule has 2 aromatic rings. The maximum atomic E-state index is 12.7. The average molecular weight is 394 g/mol. The highest BCUT2D eigenvalue weighted by Gasteiger charge is 2.65. The van der Waals surface area contributed by atoms with Gasteiger partial charge in [-0.1, -0.05) is 36.0 Å². The summed E-state index contributed by atoms with van der Waals surface area (Å²) >= 11 is 12.2. The third-order valence-electron chi connectivity index (χ3n) is 6.47. The summed E-state index contributed by atoms with van der Waals surface area (Å²) in [5.74, 6) is 0.503. The van der Waals surface area contributed by atoms with Gasteiger partial charge in [-0.3, -0.25) is 4.79 Å². The first kappa shape index (κ1) is 16.8. The molecule has 26 heavy (non-hydrogen) atoms. The number of ether oxygens (including phenoxy) is 1. The number of amides is 1. The maximum Gasteiger partial charge on any atom is 0.226 e. The Morgan fingerprint density at radius 3 is 2.96 bits per heavy atom. The predicted molar refractivity (Wildman–Crippen MR) is 99.6 cm³/mol. The van der Waals surface area contributed by atoms with Crippen LogP contribution in [0.2, 0.25) is 10.0 Å². The Morgan fingerprint density at radius 1 is 1.35 bits per heavy atom. The van der Waals surface area contributed by atoms with Crippen molar-refractivity contribution in [3.8, 4) is 0 Å². The first-order valence-corrected chi connectivity index (χ1v) is 10.1. The number of nitrogens with zero attached hydrogens (tertiary/aromatic N) is 2. The van der Waals surface area contributed by atoms with Gasteiger partial charge in [-0.05, 0) is 25.3 Å². The minimum absolute atomic E-state index is 0.0252. The summed E-state index contributed by atoms with van der Waals surface area (Å²) in [6.07, 6.45) is 10.0. The van der Waals surface area contributed by atoms with Crippen LogP contribution in [0.3, 0.4) is 0 Å². The van der Waals surface area contributed by atoms with E-state index in [1.165, 1.54) is 25.7 Å². The summed E-state index contributed by atoms with van der Waals surface area (Å²) in [7, 11) is 0. The standard InChI is InChI=1S/C19H21Cl2N3O2/c20-11-7-14(21)18-22-12(10-24(18)9-11)8-15(25)23-16-13-3-6-26-17(13)19(16)4-1-2-5-19/h7,9-10,13,16-17H,1-6,8H2,(H,23,25). The lowest BCUT2D eigenvalue weighted by Crippen LogP contribution is -2.68. The summed E-state index contributed by atoms with van der Waals surface area (Å²) in [6.45, 7) is 0.829. The fourth-order valence-corrected chi connectivity index (χ4v) is 5.98. The van der Waals surface area contributed by atoms with E-state index in [4.69, 9.17) is 27.9 Å². The number of pyridine rings is 1. The predicted octanol–water partition coefficient (Wildman–Crippen LogP) is 3.65. The number of imidazole rings is 1. The van der Waals surface area contributed by atoms with E-state index in [9.17, 15) is 4.79 Å². The van der Waals surface area contributed by atoms with Crippen molar-refractivity contribution >= 4 is 34.8 Å². The summed E-state index contributed by atoms with van der Waals surface area (Å²) in [4.78, 5) is 17.2. The summed E-state index contributed by atoms with van der Waals surface area (Å²) < 4.78 is 7.76. The molecule has 5 rings (SSSR count). The van der Waals surface area contributed by atoms with Gasteiger partial charge in [0.25, 0.3) is 0 Å². The Bertz CT molecular complexity index is 875. The molecule has 2 aromatic heterocycles. The van der Waals surface area contributed by atoms with Crippen LogP contribution in [0, 0.1) is 11.3 Å². The van der Waals surface area contributed by atoms with Crippen LogP contribution in [-0.4, -0.2) is 34.0 Å². The molecular weight excluding hydrogens is 373 g/mol. The van der Waals surface area contributed by atoms with Crippen molar-refractivity contribution in [2.24, 2.45) is 11.3 Å². The fourth-order valence-electron chi connectivity index (χ4n) is 5.45. The average Bonchev–Trinajstić information content (AvgIpc) is 3.31. The van der Waals surface area contributed by atoms with Crippen LogP contribution in [0.5, 0.6) is 0 Å². The van der Waals surface area contributed by atoms with Crippen LogP contribution in [-0.2, 0) is 16.0 Å². The first-order valence-electron chi connectivity index (χ1n) is 9.30. The van der Waals surface area contributed by atoms with Gasteiger partial charge in [0.1, 0.15) is 0 Å². The van der Waals surface area contributed by atoms with Crippen molar-refractivity contribution in [1.82, 2.24) is 14.7 Å². The molecule has 5 nitrogen and oxygen atoms in total. The van der Waals surface area contributed by atoms with Gasteiger partial charge < -0.3 is 14.5 Å². The van der Waals surface area contributed by atoms with Gasteiger partial charge in [0.05, 0.1) is 28.3 Å². The highest BCUT2D eigenvalue weighted by atomic mass is 35.5. The number of hydrogen-bond donors (Lipinski definition) is 1. The Balaban J connectivity index is 1.32. The van der Waals surface area contributed by atoms with Crippen molar-refractivity contribution in [3.05, 3.63) is 34.2 Å². The molecule has 3 heterocycles. The topological polar surface area (TPSA) is 55.6 Å². The minimum Gasteiger partial charge on any atom is -0.377 e. The van der Waals surface area contributed by atoms with Crippen LogP contribution >= 0.6 is 23.2 Å². The second-order valence-electron chi connectivity index (χ2n) is 7.88. The number of aromatic nitrogens is 2. The van der Waals surface area contributed by atoms with E-state index in [1.54, 1.807) is 16.7 Å². The van der Waals surface area contributed by atoms with Crippen molar-refractivity contribution in [2.75, 3.05) is 6.61 Å². The molecule has 3 atom stereocenters. The maximum absolute atomic E-state index is 12.7. The van der Waals surface area contributed by atoms with Crippen LogP contribution in [0.1, 0.15) is 37.8 Å². The largest absolute Gasteiger partial charge is 0.377 e. The molecule has 0 radical (unpaired) electrons. The first-order chi connectivity index (χ1) is 12.6. The molecule has 2 aliphatic carbocycles. The number of halogens is 2. The fraction of sp³-hybridized carbons (Fsp3) is 0.579. The molecule has 1 aliphatic heterocycles. The van der Waals surface area contributed by atoms with Crippen LogP contribution < -0.4 is 5.32 Å². The van der Waals surface area contributed by atoms with E-state index < -0.39 is 0 Å². The quantitative estimate of drug-likeness (QED) is 0.865. The smallest absolute Gasteiger partial charge is 0.226 e. The van der Waals surface area contributed by atoms with Crippen molar-refractivity contribution < 1.29 is 9.53 Å². The van der Waals surface area contributed by atoms with Crippen LogP contribution in [0.25, 0.3) is 5.65 Å². The number of carbonyl (C=O) groups is 1. The number of hydrogen-bond acceptors (Lipinski definition) is 3. The SMILES string of the molecule is O=C(Cc1cn2cc(Cl)cc(Cl)c2n1)NC1C2CCOC2C12CCCC2. The van der Waals surface area contributed by atoms with Gasteiger partial charge in [0, 0.05) is 36.4 Å². The van der Waals surface area contributed by atoms with Gasteiger partial charge in [-0.15, -0.1) is 0 Å². The Kier molecular flexibility index (Phi) is 3.96. The minimum atomic E-state index is 0.0252. The van der Waals surface area contributed by atoms with Crippen molar-refractivity contribution in [1.29, 1.82) is 0 Å². The summed E-state index contributed by atoms with van der Waals surface area (Å²) in [5, 5.41) is 4.34. The molecular formula is C19H21Cl2N3O2. The van der Waals surface area contributed by atoms with E-state index in [2.05, 4.69) is 10.3 Å². The number of rotatable bonds is 3. The second kappa shape index (κ2) is 6.11. The van der Waals surface area contributed by atoms with Crippen LogP contribution in [0.15, 0.2) is 18.5 Å². The zero-order valence-electron chi connectivity index (χ0n) is 14.4. The number of fused-ring (bicyclic) bond motifs is 3. The third kappa shape index (κ3) is 2.48. The highest BCUT2D eigenvalue weighted by Crippen LogP contribution is 2.60. The lowest BCUT2D eigenvalue weighted by Gasteiger charge is -2.56. The lowest BCUT2D eigenvalue weighted by molar-refractivity contribution is -0.145. The molecule has 1 amide bonds. The number of nitrogens with one attached hydrogen (secondary N) is 1. The molecule has 1 N–H and O–H groups in total. The molecule has 1 spiro atoms. The zero-order chi connectivity index (χ0) is 17.9. The van der Waals surface area contributed by atoms with E-state index in [-0.39, 0.29) is 23.8 Å². The molecule has 1 saturated heterocycles. The van der Waals surface area contributed by atoms with Gasteiger partial charge in [0.2, 0.25) is 5.91 Å². The molecule has 138 valence electrons. The second-order valence-corrected chi connectivity index (χ2v) is 8.72. The monoisotopic (exact) mass is 393 g/mol. The van der Waals surface area contributed by atoms with Crippen LogP contribution in [0.4, 0.5) is 0 Å². The van der Waals surface area contributed by atoms with E-state index in [0.717, 1.165) is 13.0 Å². The Hall–Kier alpha value is -1.30. The normalized spacial score (nSPS) is 29.1. The van der Waals surface area contributed by atoms with Crippen molar-refractivity contribution in [2.45, 2.75) is 50.7 Å². The molecule has 0 bridgehead atoms. The van der Waals surface area contributed by atoms with E-state index in [1.807, 2.05) is 6.20 Å². The van der Waals surface area contributed by atoms with Gasteiger partial charge >= 0.3 is 0 Å². The van der Waals surface area contributed by atoms with Gasteiger partial charge in [-0.25, -0.2) is 4.98 Å². The summed E-state index contributed by atoms with van der Waals surface area (Å²) in [5.41, 5.74) is 1.50. The van der Waals surface area contributed by atoms with Gasteiger partial charge in [0.15, 0.2) is 5.65 Å². The number of carbonyl (C=O) groups excluding carboxylic acids is 1. The molecule has 7 heteroatoms. The van der Waals surface area contributed by atoms with E-state index in [0.29, 0.717) is 33.4 Å².